The number of piperazine rings is 1. The zero-order valence-corrected chi connectivity index (χ0v) is 11.1. The first-order valence-corrected chi connectivity index (χ1v) is 7.59. The summed E-state index contributed by atoms with van der Waals surface area (Å²) in [5, 5.41) is 0. The van der Waals surface area contributed by atoms with Gasteiger partial charge in [-0.15, -0.1) is 0 Å². The fourth-order valence-electron chi connectivity index (χ4n) is 2.64. The molecule has 0 spiro atoms. The number of hydrogen-bond donors (Lipinski definition) is 0. The maximum atomic E-state index is 2.72. The van der Waals surface area contributed by atoms with Crippen LogP contribution in [-0.2, 0) is 0 Å². The van der Waals surface area contributed by atoms with E-state index in [1.165, 1.54) is 52.1 Å². The average molecular weight is 229 g/mol. The molecule has 1 atom stereocenters. The fraction of sp³-hybridized carbons (Fsp3) is 1.00. The lowest BCUT2D eigenvalue weighted by Gasteiger charge is -2.41. The topological polar surface area (TPSA) is 9.72 Å². The molecule has 1 unspecified atom stereocenters. The third-order valence-corrected chi connectivity index (χ3v) is 4.91. The van der Waals surface area contributed by atoms with E-state index < -0.39 is 0 Å². The van der Waals surface area contributed by atoms with Crippen LogP contribution in [0.4, 0.5) is 0 Å². The van der Waals surface area contributed by atoms with Crippen molar-refractivity contribution in [2.45, 2.75) is 18.9 Å². The number of likely N-dealkylation sites (N-methyl/N-ethyl adjacent to an activating group) is 1. The van der Waals surface area contributed by atoms with Crippen LogP contribution in [0.2, 0.25) is 0 Å². The summed E-state index contributed by atoms with van der Waals surface area (Å²) in [5.41, 5.74) is 0. The van der Waals surface area contributed by atoms with Crippen LogP contribution in [0.15, 0.2) is 0 Å². The molecule has 2 aliphatic rings. The second-order valence-corrected chi connectivity index (χ2v) is 5.86. The van der Waals surface area contributed by atoms with Gasteiger partial charge in [-0.25, -0.2) is 0 Å². The lowest BCUT2D eigenvalue weighted by molar-refractivity contribution is 0.0847. The molecule has 2 fully saturated rings. The minimum atomic E-state index is 0.881. The molecule has 2 heterocycles. The summed E-state index contributed by atoms with van der Waals surface area (Å²) in [6.07, 6.45) is 2.79. The van der Waals surface area contributed by atoms with Crippen molar-refractivity contribution in [2.24, 2.45) is 0 Å². The van der Waals surface area contributed by atoms with Gasteiger partial charge in [-0.05, 0) is 26.6 Å². The minimum absolute atomic E-state index is 0.881. The highest BCUT2D eigenvalue weighted by Crippen LogP contribution is 2.23. The third-order valence-electron chi connectivity index (χ3n) is 3.83. The Labute approximate surface area is 95.6 Å². The molecule has 0 N–H and O–H groups in total. The molecule has 88 valence electrons. The van der Waals surface area contributed by atoms with Gasteiger partial charge in [-0.3, -0.25) is 9.57 Å². The van der Waals surface area contributed by atoms with Crippen LogP contribution < -0.4 is 0 Å². The Bertz CT molecular complexity index is 184. The first kappa shape index (κ1) is 11.8. The molecule has 2 rings (SSSR count). The van der Waals surface area contributed by atoms with Crippen molar-refractivity contribution in [3.63, 3.8) is 0 Å². The van der Waals surface area contributed by atoms with Crippen LogP contribution >= 0.6 is 8.73 Å². The molecule has 0 bridgehead atoms. The molecule has 0 aromatic rings. The Kier molecular flexibility index (Phi) is 4.39. The molecular formula is C11H24N3P. The van der Waals surface area contributed by atoms with Crippen LogP contribution in [0.25, 0.3) is 0 Å². The molecule has 0 aromatic carbocycles. The summed E-state index contributed by atoms with van der Waals surface area (Å²) in [6.45, 7) is 10.0. The molecule has 0 radical (unpaired) electrons. The lowest BCUT2D eigenvalue weighted by atomic mass is 10.0. The van der Waals surface area contributed by atoms with E-state index in [9.17, 15) is 0 Å². The fourth-order valence-corrected chi connectivity index (χ4v) is 3.35. The van der Waals surface area contributed by atoms with E-state index in [2.05, 4.69) is 28.2 Å². The molecule has 0 saturated carbocycles. The van der Waals surface area contributed by atoms with Gasteiger partial charge in [0.05, 0.1) is 0 Å². The van der Waals surface area contributed by atoms with E-state index in [0.29, 0.717) is 0 Å². The maximum Gasteiger partial charge on any atom is 0.0121 e. The quantitative estimate of drug-likeness (QED) is 0.652. The number of piperidine rings is 1. The molecule has 0 aromatic heterocycles. The minimum Gasteiger partial charge on any atom is -0.304 e. The number of hydrogen-bond acceptors (Lipinski definition) is 3. The normalized spacial score (nSPS) is 29.2. The van der Waals surface area contributed by atoms with Crippen molar-refractivity contribution in [1.82, 2.24) is 14.5 Å². The molecule has 15 heavy (non-hydrogen) atoms. The number of nitrogens with zero attached hydrogens (tertiary/aromatic N) is 3. The van der Waals surface area contributed by atoms with E-state index in [1.54, 1.807) is 0 Å². The standard InChI is InChI=1S/C11H24N3P/c1-12-7-9-13(10-8-12)11-3-5-14(15-2)6-4-11/h11,15H,3-10H2,1-2H3. The van der Waals surface area contributed by atoms with Gasteiger partial charge < -0.3 is 4.90 Å². The Morgan fingerprint density at radius 1 is 0.933 bits per heavy atom. The van der Waals surface area contributed by atoms with Crippen molar-refractivity contribution >= 4 is 8.73 Å². The van der Waals surface area contributed by atoms with Crippen LogP contribution in [-0.4, -0.2) is 73.5 Å². The summed E-state index contributed by atoms with van der Waals surface area (Å²) < 4.78 is 2.60. The SMILES string of the molecule is CPN1CCC(N2CCN(C)CC2)CC1. The molecule has 2 aliphatic heterocycles. The summed E-state index contributed by atoms with van der Waals surface area (Å²) in [4.78, 5) is 5.16. The lowest BCUT2D eigenvalue weighted by Crippen LogP contribution is -2.51. The molecular weight excluding hydrogens is 205 g/mol. The zero-order valence-electron chi connectivity index (χ0n) is 10.1. The maximum absolute atomic E-state index is 2.72. The predicted molar refractivity (Wildman–Crippen MR) is 67.9 cm³/mol. The first-order chi connectivity index (χ1) is 7.29. The average Bonchev–Trinajstić information content (AvgIpc) is 2.30. The van der Waals surface area contributed by atoms with Crippen LogP contribution in [0.5, 0.6) is 0 Å². The van der Waals surface area contributed by atoms with Gasteiger partial charge in [-0.2, -0.15) is 0 Å². The summed E-state index contributed by atoms with van der Waals surface area (Å²) >= 11 is 0. The van der Waals surface area contributed by atoms with Gasteiger partial charge in [0, 0.05) is 45.3 Å². The van der Waals surface area contributed by atoms with E-state index in [4.69, 9.17) is 0 Å². The molecule has 3 nitrogen and oxygen atoms in total. The Balaban J connectivity index is 1.75. The van der Waals surface area contributed by atoms with Crippen molar-refractivity contribution in [1.29, 1.82) is 0 Å². The second-order valence-electron chi connectivity index (χ2n) is 4.78. The molecule has 0 amide bonds. The monoisotopic (exact) mass is 229 g/mol. The largest absolute Gasteiger partial charge is 0.304 e. The highest BCUT2D eigenvalue weighted by atomic mass is 31.1. The predicted octanol–water partition coefficient (Wildman–Crippen LogP) is 0.921. The van der Waals surface area contributed by atoms with E-state index in [1.807, 2.05) is 0 Å². The van der Waals surface area contributed by atoms with Crippen molar-refractivity contribution in [3.8, 4) is 0 Å². The van der Waals surface area contributed by atoms with E-state index >= 15 is 0 Å². The van der Waals surface area contributed by atoms with Gasteiger partial charge in [0.2, 0.25) is 0 Å². The van der Waals surface area contributed by atoms with Crippen LogP contribution in [0.1, 0.15) is 12.8 Å². The van der Waals surface area contributed by atoms with Gasteiger partial charge in [0.1, 0.15) is 0 Å². The highest BCUT2D eigenvalue weighted by Gasteiger charge is 2.25. The van der Waals surface area contributed by atoms with E-state index in [-0.39, 0.29) is 0 Å². The Hall–Kier alpha value is 0.310. The smallest absolute Gasteiger partial charge is 0.0121 e. The summed E-state index contributed by atoms with van der Waals surface area (Å²) in [7, 11) is 3.24. The van der Waals surface area contributed by atoms with Crippen molar-refractivity contribution in [2.75, 3.05) is 53.0 Å². The van der Waals surface area contributed by atoms with Gasteiger partial charge >= 0.3 is 0 Å². The van der Waals surface area contributed by atoms with Gasteiger partial charge in [0.15, 0.2) is 0 Å². The van der Waals surface area contributed by atoms with Gasteiger partial charge in [-0.1, -0.05) is 8.73 Å². The molecule has 2 saturated heterocycles. The first-order valence-electron chi connectivity index (χ1n) is 6.14. The third kappa shape index (κ3) is 3.13. The number of rotatable bonds is 2. The summed E-state index contributed by atoms with van der Waals surface area (Å²) in [6, 6.07) is 0.881. The Morgan fingerprint density at radius 3 is 2.07 bits per heavy atom. The van der Waals surface area contributed by atoms with Crippen molar-refractivity contribution in [3.05, 3.63) is 0 Å². The van der Waals surface area contributed by atoms with Crippen molar-refractivity contribution < 1.29 is 0 Å². The Morgan fingerprint density at radius 2 is 1.53 bits per heavy atom. The highest BCUT2D eigenvalue weighted by molar-refractivity contribution is 7.34. The summed E-state index contributed by atoms with van der Waals surface area (Å²) in [5.74, 6) is 0. The molecule has 4 heteroatoms. The van der Waals surface area contributed by atoms with Crippen LogP contribution in [0.3, 0.4) is 0 Å². The molecule has 0 aliphatic carbocycles. The van der Waals surface area contributed by atoms with Crippen LogP contribution in [0, 0.1) is 0 Å². The van der Waals surface area contributed by atoms with E-state index in [0.717, 1.165) is 14.8 Å². The van der Waals surface area contributed by atoms with Gasteiger partial charge in [0.25, 0.3) is 0 Å². The zero-order chi connectivity index (χ0) is 10.7. The second kappa shape index (κ2) is 5.58.